The van der Waals surface area contributed by atoms with Crippen LogP contribution in [-0.2, 0) is 6.42 Å². The third-order valence-corrected chi connectivity index (χ3v) is 2.88. The zero-order valence-electron chi connectivity index (χ0n) is 19.2. The standard InChI is InChI=1S/C8H10.2C5H12.C4H10.C2H6.CH4/c1-2-8-6-4-3-5-7-8;2*1-4-5(2)3;1-4(2)3;1-2;/h3-7H,2H2,1H3;2*5H,4H2,1-3H3;4H,1-3H3;1-2H3;1H4. The molecule has 0 aliphatic heterocycles. The van der Waals surface area contributed by atoms with Crippen LogP contribution in [0.2, 0.25) is 0 Å². The minimum atomic E-state index is 0. The van der Waals surface area contributed by atoms with E-state index < -0.39 is 0 Å². The Morgan fingerprint density at radius 2 is 0.880 bits per heavy atom. The molecule has 154 valence electrons. The normalized spacial score (nSPS) is 8.44. The second kappa shape index (κ2) is 31.0. The SMILES string of the molecule is C.CC.CC(C)C.CCC(C)C.CCC(C)C.CCc1ccccc1. The first kappa shape index (κ1) is 35.4. The van der Waals surface area contributed by atoms with Gasteiger partial charge in [-0.25, -0.2) is 0 Å². The zero-order valence-corrected chi connectivity index (χ0v) is 19.2. The lowest BCUT2D eigenvalue weighted by molar-refractivity contribution is 0.626. The van der Waals surface area contributed by atoms with Gasteiger partial charge in [0.05, 0.1) is 0 Å². The lowest BCUT2D eigenvalue weighted by Gasteiger charge is -1.90. The Hall–Kier alpha value is -0.780. The molecule has 1 rings (SSSR count). The molecule has 0 saturated carbocycles. The molecule has 0 heteroatoms. The molecule has 1 aromatic carbocycles. The maximum absolute atomic E-state index is 2.22. The van der Waals surface area contributed by atoms with E-state index in [1.54, 1.807) is 0 Å². The lowest BCUT2D eigenvalue weighted by Crippen LogP contribution is -1.77. The quantitative estimate of drug-likeness (QED) is 0.506. The van der Waals surface area contributed by atoms with Gasteiger partial charge in [-0.05, 0) is 29.7 Å². The molecular formula is C25H54. The lowest BCUT2D eigenvalue weighted by atomic mass is 10.2. The fourth-order valence-electron chi connectivity index (χ4n) is 0.714. The molecule has 0 nitrogen and oxygen atoms in total. The molecular weight excluding hydrogens is 300 g/mol. The van der Waals surface area contributed by atoms with E-state index >= 15 is 0 Å². The average molecular weight is 355 g/mol. The van der Waals surface area contributed by atoms with Crippen molar-refractivity contribution in [3.05, 3.63) is 35.9 Å². The molecule has 0 saturated heterocycles. The van der Waals surface area contributed by atoms with Crippen LogP contribution in [0.15, 0.2) is 30.3 Å². The summed E-state index contributed by atoms with van der Waals surface area (Å²) in [6.07, 6.45) is 3.75. The summed E-state index contributed by atoms with van der Waals surface area (Å²) in [5.41, 5.74) is 1.41. The largest absolute Gasteiger partial charge is 0.0776 e. The predicted octanol–water partition coefficient (Wildman–Crippen LogP) is 9.68. The topological polar surface area (TPSA) is 0 Å². The summed E-state index contributed by atoms with van der Waals surface area (Å²) in [7, 11) is 0. The molecule has 0 aromatic heterocycles. The summed E-state index contributed by atoms with van der Waals surface area (Å²) in [6, 6.07) is 10.5. The van der Waals surface area contributed by atoms with Gasteiger partial charge in [0.2, 0.25) is 0 Å². The van der Waals surface area contributed by atoms with Crippen molar-refractivity contribution in [2.75, 3.05) is 0 Å². The van der Waals surface area contributed by atoms with E-state index in [9.17, 15) is 0 Å². The van der Waals surface area contributed by atoms with Crippen LogP contribution in [0.1, 0.15) is 109 Å². The number of benzene rings is 1. The molecule has 0 fully saturated rings. The first-order valence-electron chi connectivity index (χ1n) is 10.2. The summed E-state index contributed by atoms with van der Waals surface area (Å²) in [6.45, 7) is 25.9. The van der Waals surface area contributed by atoms with Crippen LogP contribution in [0.25, 0.3) is 0 Å². The third kappa shape index (κ3) is 59.8. The van der Waals surface area contributed by atoms with E-state index in [1.165, 1.54) is 18.4 Å². The first-order chi connectivity index (χ1) is 11.2. The smallest absolute Gasteiger partial charge is 0.0307 e. The van der Waals surface area contributed by atoms with Gasteiger partial charge in [-0.1, -0.05) is 134 Å². The second-order valence-electron chi connectivity index (χ2n) is 7.18. The third-order valence-electron chi connectivity index (χ3n) is 2.88. The van der Waals surface area contributed by atoms with Gasteiger partial charge in [0.15, 0.2) is 0 Å². The Balaban J connectivity index is -0.0000000705. The van der Waals surface area contributed by atoms with Crippen LogP contribution >= 0.6 is 0 Å². The second-order valence-corrected chi connectivity index (χ2v) is 7.18. The number of rotatable bonds is 3. The van der Waals surface area contributed by atoms with Crippen molar-refractivity contribution in [1.82, 2.24) is 0 Å². The van der Waals surface area contributed by atoms with Gasteiger partial charge < -0.3 is 0 Å². The molecule has 0 unspecified atom stereocenters. The predicted molar refractivity (Wildman–Crippen MR) is 125 cm³/mol. The van der Waals surface area contributed by atoms with Crippen LogP contribution in [0.5, 0.6) is 0 Å². The number of hydrogen-bond donors (Lipinski definition) is 0. The molecule has 25 heavy (non-hydrogen) atoms. The van der Waals surface area contributed by atoms with Crippen molar-refractivity contribution in [3.8, 4) is 0 Å². The summed E-state index contributed by atoms with van der Waals surface area (Å²) < 4.78 is 0. The van der Waals surface area contributed by atoms with Crippen LogP contribution in [0.3, 0.4) is 0 Å². The minimum absolute atomic E-state index is 0. The Bertz CT molecular complexity index is 259. The first-order valence-corrected chi connectivity index (χ1v) is 10.2. The average Bonchev–Trinajstić information content (AvgIpc) is 2.58. The van der Waals surface area contributed by atoms with Crippen LogP contribution in [0.4, 0.5) is 0 Å². The van der Waals surface area contributed by atoms with Crippen LogP contribution in [0, 0.1) is 17.8 Å². The molecule has 0 atom stereocenters. The number of hydrogen-bond acceptors (Lipinski definition) is 0. The summed E-state index contributed by atoms with van der Waals surface area (Å²) in [4.78, 5) is 0. The highest BCUT2D eigenvalue weighted by Gasteiger charge is 1.81. The van der Waals surface area contributed by atoms with Crippen molar-refractivity contribution in [1.29, 1.82) is 0 Å². The van der Waals surface area contributed by atoms with Gasteiger partial charge >= 0.3 is 0 Å². The van der Waals surface area contributed by atoms with Gasteiger partial charge in [-0.15, -0.1) is 0 Å². The number of aryl methyl sites for hydroxylation is 1. The Morgan fingerprint density at radius 1 is 0.640 bits per heavy atom. The van der Waals surface area contributed by atoms with E-state index in [2.05, 4.69) is 93.5 Å². The van der Waals surface area contributed by atoms with E-state index in [-0.39, 0.29) is 7.43 Å². The van der Waals surface area contributed by atoms with E-state index in [1.807, 2.05) is 19.9 Å². The van der Waals surface area contributed by atoms with Gasteiger partial charge in [-0.2, -0.15) is 0 Å². The highest BCUT2D eigenvalue weighted by Crippen LogP contribution is 1.97. The molecule has 0 bridgehead atoms. The van der Waals surface area contributed by atoms with Crippen molar-refractivity contribution in [2.24, 2.45) is 17.8 Å². The fraction of sp³-hybridized carbons (Fsp3) is 0.760. The Morgan fingerprint density at radius 3 is 1.00 bits per heavy atom. The van der Waals surface area contributed by atoms with Gasteiger partial charge in [0, 0.05) is 0 Å². The maximum Gasteiger partial charge on any atom is -0.0307 e. The van der Waals surface area contributed by atoms with Crippen molar-refractivity contribution >= 4 is 0 Å². The molecule has 0 amide bonds. The fourth-order valence-corrected chi connectivity index (χ4v) is 0.714. The molecule has 0 N–H and O–H groups in total. The molecule has 0 aliphatic carbocycles. The summed E-state index contributed by atoms with van der Waals surface area (Å²) >= 11 is 0. The molecule has 0 aliphatic rings. The summed E-state index contributed by atoms with van der Waals surface area (Å²) in [5.74, 6) is 2.60. The monoisotopic (exact) mass is 354 g/mol. The zero-order chi connectivity index (χ0) is 20.0. The molecule has 0 spiro atoms. The van der Waals surface area contributed by atoms with E-state index in [4.69, 9.17) is 0 Å². The van der Waals surface area contributed by atoms with Gasteiger partial charge in [-0.3, -0.25) is 0 Å². The van der Waals surface area contributed by atoms with E-state index in [0.29, 0.717) is 0 Å². The minimum Gasteiger partial charge on any atom is -0.0776 e. The van der Waals surface area contributed by atoms with Gasteiger partial charge in [0.25, 0.3) is 0 Å². The molecule has 0 radical (unpaired) electrons. The Labute approximate surface area is 163 Å². The summed E-state index contributed by atoms with van der Waals surface area (Å²) in [5, 5.41) is 0. The van der Waals surface area contributed by atoms with Crippen molar-refractivity contribution < 1.29 is 0 Å². The van der Waals surface area contributed by atoms with Crippen molar-refractivity contribution in [3.63, 3.8) is 0 Å². The highest BCUT2D eigenvalue weighted by atomic mass is 13.9. The van der Waals surface area contributed by atoms with Crippen LogP contribution < -0.4 is 0 Å². The van der Waals surface area contributed by atoms with Crippen LogP contribution in [-0.4, -0.2) is 0 Å². The van der Waals surface area contributed by atoms with Gasteiger partial charge in [0.1, 0.15) is 0 Å². The highest BCUT2D eigenvalue weighted by molar-refractivity contribution is 5.13. The van der Waals surface area contributed by atoms with E-state index in [0.717, 1.165) is 24.2 Å². The molecule has 1 aromatic rings. The molecule has 0 heterocycles. The van der Waals surface area contributed by atoms with Crippen molar-refractivity contribution in [2.45, 2.75) is 110 Å². The maximum atomic E-state index is 2.22. The Kier molecular flexibility index (Phi) is 43.9.